The normalized spacial score (nSPS) is 14.6. The van der Waals surface area contributed by atoms with Crippen molar-refractivity contribution in [2.45, 2.75) is 38.4 Å². The number of nitrogens with zero attached hydrogens (tertiary/aromatic N) is 1. The van der Waals surface area contributed by atoms with Crippen LogP contribution in [0.4, 0.5) is 13.2 Å². The number of benzene rings is 2. The highest BCUT2D eigenvalue weighted by atomic mass is 19.4. The summed E-state index contributed by atoms with van der Waals surface area (Å²) in [6, 6.07) is 14.7. The van der Waals surface area contributed by atoms with Crippen LogP contribution in [-0.4, -0.2) is 46.1 Å². The highest BCUT2D eigenvalue weighted by Crippen LogP contribution is 2.30. The Kier molecular flexibility index (Phi) is 7.43. The molecule has 1 amide bonds. The molecule has 2 heterocycles. The highest BCUT2D eigenvalue weighted by Gasteiger charge is 2.38. The van der Waals surface area contributed by atoms with Gasteiger partial charge in [0.1, 0.15) is 0 Å². The van der Waals surface area contributed by atoms with Gasteiger partial charge in [0, 0.05) is 36.7 Å². The second-order valence-corrected chi connectivity index (χ2v) is 8.07. The van der Waals surface area contributed by atoms with Crippen molar-refractivity contribution in [1.82, 2.24) is 9.88 Å². The molecule has 0 atom stereocenters. The van der Waals surface area contributed by atoms with Gasteiger partial charge < -0.3 is 20.7 Å². The lowest BCUT2D eigenvalue weighted by Crippen LogP contribution is -2.37. The van der Waals surface area contributed by atoms with Gasteiger partial charge in [-0.3, -0.25) is 4.79 Å². The number of halogens is 3. The minimum atomic E-state index is -5.08. The molecule has 0 saturated carbocycles. The second-order valence-electron chi connectivity index (χ2n) is 8.07. The van der Waals surface area contributed by atoms with Crippen molar-refractivity contribution in [2.75, 3.05) is 13.1 Å². The predicted octanol–water partition coefficient (Wildman–Crippen LogP) is 4.59. The molecule has 1 saturated heterocycles. The van der Waals surface area contributed by atoms with Gasteiger partial charge in [-0.25, -0.2) is 4.79 Å². The zero-order valence-electron chi connectivity index (χ0n) is 18.2. The molecular formula is C24H26F3N3O3. The molecule has 1 aliphatic heterocycles. The number of fused-ring (bicyclic) bond motifs is 1. The largest absolute Gasteiger partial charge is 0.490 e. The summed E-state index contributed by atoms with van der Waals surface area (Å²) in [6.45, 7) is 4.24. The fourth-order valence-electron chi connectivity index (χ4n) is 3.98. The first kappa shape index (κ1) is 24.3. The van der Waals surface area contributed by atoms with Gasteiger partial charge in [-0.05, 0) is 48.4 Å². The molecule has 4 N–H and O–H groups in total. The molecule has 3 aromatic rings. The number of carbonyl (C=O) groups excluding carboxylic acids is 1. The Hall–Kier alpha value is -3.33. The van der Waals surface area contributed by atoms with Crippen molar-refractivity contribution in [3.63, 3.8) is 0 Å². The maximum Gasteiger partial charge on any atom is 0.490 e. The number of alkyl halides is 3. The van der Waals surface area contributed by atoms with Crippen LogP contribution in [0.1, 0.15) is 45.8 Å². The van der Waals surface area contributed by atoms with Crippen LogP contribution in [0.2, 0.25) is 0 Å². The van der Waals surface area contributed by atoms with Gasteiger partial charge in [-0.1, -0.05) is 36.4 Å². The van der Waals surface area contributed by atoms with E-state index >= 15 is 0 Å². The number of aliphatic carboxylic acids is 1. The number of aromatic amines is 1. The van der Waals surface area contributed by atoms with Gasteiger partial charge in [0.2, 0.25) is 0 Å². The lowest BCUT2D eigenvalue weighted by molar-refractivity contribution is -0.192. The number of aromatic nitrogens is 1. The number of carboxylic acid groups (broad SMARTS) is 1. The van der Waals surface area contributed by atoms with E-state index in [9.17, 15) is 18.0 Å². The maximum absolute atomic E-state index is 13.0. The van der Waals surface area contributed by atoms with Gasteiger partial charge in [-0.2, -0.15) is 13.2 Å². The van der Waals surface area contributed by atoms with E-state index < -0.39 is 12.1 Å². The summed E-state index contributed by atoms with van der Waals surface area (Å²) in [7, 11) is 0. The van der Waals surface area contributed by atoms with E-state index in [0.29, 0.717) is 12.5 Å². The number of amides is 1. The van der Waals surface area contributed by atoms with Gasteiger partial charge in [0.05, 0.1) is 5.56 Å². The molecule has 9 heteroatoms. The molecule has 33 heavy (non-hydrogen) atoms. The number of rotatable bonds is 3. The quantitative estimate of drug-likeness (QED) is 0.531. The lowest BCUT2D eigenvalue weighted by atomic mass is 9.88. The third kappa shape index (κ3) is 5.92. The molecule has 0 spiro atoms. The first-order valence-electron chi connectivity index (χ1n) is 10.6. The maximum atomic E-state index is 13.0. The minimum Gasteiger partial charge on any atom is -0.475 e. The fourth-order valence-corrected chi connectivity index (χ4v) is 3.98. The molecule has 6 nitrogen and oxygen atoms in total. The second kappa shape index (κ2) is 10.1. The number of H-pyrrole nitrogens is 1. The summed E-state index contributed by atoms with van der Waals surface area (Å²) >= 11 is 0. The number of aryl methyl sites for hydroxylation is 1. The molecular weight excluding hydrogens is 435 g/mol. The first-order chi connectivity index (χ1) is 15.6. The highest BCUT2D eigenvalue weighted by molar-refractivity contribution is 6.06. The average Bonchev–Trinajstić information content (AvgIpc) is 3.21. The van der Waals surface area contributed by atoms with Gasteiger partial charge in [-0.15, -0.1) is 0 Å². The first-order valence-corrected chi connectivity index (χ1v) is 10.6. The van der Waals surface area contributed by atoms with E-state index in [2.05, 4.69) is 48.3 Å². The summed E-state index contributed by atoms with van der Waals surface area (Å²) in [5.74, 6) is -2.11. The van der Waals surface area contributed by atoms with Crippen LogP contribution in [0, 0.1) is 6.92 Å². The summed E-state index contributed by atoms with van der Waals surface area (Å²) in [5, 5.41) is 8.14. The van der Waals surface area contributed by atoms with E-state index in [4.69, 9.17) is 15.6 Å². The van der Waals surface area contributed by atoms with E-state index in [-0.39, 0.29) is 5.91 Å². The zero-order valence-corrected chi connectivity index (χ0v) is 18.2. The number of nitrogens with one attached hydrogen (secondary N) is 1. The number of hydrogen-bond donors (Lipinski definition) is 3. The summed E-state index contributed by atoms with van der Waals surface area (Å²) in [6.07, 6.45) is -1.23. The SMILES string of the molecule is Cc1ccc2c(C(=O)N3CCC(c4cccc(CN)c4)CC3)c[nH]c2c1.O=C(O)C(F)(F)F. The molecule has 1 fully saturated rings. The Morgan fingerprint density at radius 1 is 1.15 bits per heavy atom. The zero-order chi connectivity index (χ0) is 24.2. The fraction of sp³-hybridized carbons (Fsp3) is 0.333. The predicted molar refractivity (Wildman–Crippen MR) is 119 cm³/mol. The summed E-state index contributed by atoms with van der Waals surface area (Å²) in [5.41, 5.74) is 11.3. The number of likely N-dealkylation sites (tertiary alicyclic amines) is 1. The van der Waals surface area contributed by atoms with Crippen molar-refractivity contribution in [2.24, 2.45) is 5.73 Å². The third-order valence-corrected chi connectivity index (χ3v) is 5.75. The molecule has 0 aliphatic carbocycles. The van der Waals surface area contributed by atoms with Crippen molar-refractivity contribution < 1.29 is 27.9 Å². The molecule has 1 aromatic heterocycles. The van der Waals surface area contributed by atoms with Crippen molar-refractivity contribution in [3.8, 4) is 0 Å². The molecule has 1 aliphatic rings. The molecule has 4 rings (SSSR count). The van der Waals surface area contributed by atoms with E-state index in [0.717, 1.165) is 42.4 Å². The third-order valence-electron chi connectivity index (χ3n) is 5.75. The molecule has 0 bridgehead atoms. The Morgan fingerprint density at radius 2 is 1.82 bits per heavy atom. The lowest BCUT2D eigenvalue weighted by Gasteiger charge is -2.32. The topological polar surface area (TPSA) is 99.4 Å². The Bertz CT molecular complexity index is 1130. The Balaban J connectivity index is 0.000000383. The monoisotopic (exact) mass is 461 g/mol. The van der Waals surface area contributed by atoms with E-state index in [1.807, 2.05) is 17.2 Å². The minimum absolute atomic E-state index is 0.134. The smallest absolute Gasteiger partial charge is 0.475 e. The van der Waals surface area contributed by atoms with Crippen molar-refractivity contribution in [3.05, 3.63) is 70.9 Å². The van der Waals surface area contributed by atoms with Crippen LogP contribution in [0.3, 0.4) is 0 Å². The Morgan fingerprint density at radius 3 is 2.42 bits per heavy atom. The van der Waals surface area contributed by atoms with Gasteiger partial charge in [0.25, 0.3) is 5.91 Å². The van der Waals surface area contributed by atoms with Gasteiger partial charge in [0.15, 0.2) is 0 Å². The van der Waals surface area contributed by atoms with Crippen LogP contribution in [-0.2, 0) is 11.3 Å². The summed E-state index contributed by atoms with van der Waals surface area (Å²) < 4.78 is 31.7. The molecule has 2 aromatic carbocycles. The average molecular weight is 461 g/mol. The van der Waals surface area contributed by atoms with Crippen LogP contribution in [0.25, 0.3) is 10.9 Å². The van der Waals surface area contributed by atoms with Crippen LogP contribution in [0.15, 0.2) is 48.7 Å². The molecule has 176 valence electrons. The molecule has 0 unspecified atom stereocenters. The standard InChI is InChI=1S/C22H25N3O.C2HF3O2/c1-15-5-6-19-20(14-24-21(19)11-15)22(26)25-9-7-17(8-10-25)18-4-2-3-16(12-18)13-23;3-2(4,5)1(6)7/h2-6,11-12,14,17,24H,7-10,13,23H2,1H3;(H,6,7). The van der Waals surface area contributed by atoms with Gasteiger partial charge >= 0.3 is 12.1 Å². The van der Waals surface area contributed by atoms with E-state index in [1.54, 1.807) is 0 Å². The number of nitrogens with two attached hydrogens (primary N) is 1. The summed E-state index contributed by atoms with van der Waals surface area (Å²) in [4.78, 5) is 27.1. The van der Waals surface area contributed by atoms with Crippen molar-refractivity contribution >= 4 is 22.8 Å². The number of carbonyl (C=O) groups is 2. The van der Waals surface area contributed by atoms with Crippen molar-refractivity contribution in [1.29, 1.82) is 0 Å². The number of hydrogen-bond acceptors (Lipinski definition) is 3. The number of carboxylic acids is 1. The van der Waals surface area contributed by atoms with Crippen LogP contribution in [0.5, 0.6) is 0 Å². The van der Waals surface area contributed by atoms with Crippen LogP contribution < -0.4 is 5.73 Å². The molecule has 0 radical (unpaired) electrons. The van der Waals surface area contributed by atoms with Crippen LogP contribution >= 0.6 is 0 Å². The number of piperidine rings is 1. The van der Waals surface area contributed by atoms with E-state index in [1.165, 1.54) is 16.7 Å². The Labute approximate surface area is 189 Å².